The summed E-state index contributed by atoms with van der Waals surface area (Å²) in [7, 11) is 0. The maximum Gasteiger partial charge on any atom is 0.311 e. The number of anilines is 1. The molecule has 0 saturated heterocycles. The topological polar surface area (TPSA) is 80.4 Å². The number of nitrogen functional groups attached to an aromatic ring is 1. The van der Waals surface area contributed by atoms with Gasteiger partial charge in [-0.15, -0.1) is 11.3 Å². The lowest BCUT2D eigenvalue weighted by atomic mass is 9.99. The second-order valence-electron chi connectivity index (χ2n) is 5.04. The van der Waals surface area contributed by atoms with E-state index in [4.69, 9.17) is 10.8 Å². The molecule has 22 heavy (non-hydrogen) atoms. The van der Waals surface area contributed by atoms with E-state index in [0.717, 1.165) is 23.5 Å². The van der Waals surface area contributed by atoms with Crippen LogP contribution in [-0.4, -0.2) is 16.9 Å². The van der Waals surface area contributed by atoms with Gasteiger partial charge in [-0.3, -0.25) is 9.59 Å². The molecular weight excluding hydrogens is 312 g/mol. The molecule has 0 aliphatic heterocycles. The summed E-state index contributed by atoms with van der Waals surface area (Å²) in [5.74, 6) is -4.46. The van der Waals surface area contributed by atoms with Gasteiger partial charge in [-0.05, 0) is 30.5 Å². The lowest BCUT2D eigenvalue weighted by Gasteiger charge is -2.05. The second-order valence-corrected chi connectivity index (χ2v) is 6.12. The van der Waals surface area contributed by atoms with Gasteiger partial charge in [-0.1, -0.05) is 6.07 Å². The number of carboxylic acid groups (broad SMARTS) is 1. The minimum atomic E-state index is -0.990. The molecule has 0 amide bonds. The Bertz CT molecular complexity index is 780. The monoisotopic (exact) mass is 323 g/mol. The van der Waals surface area contributed by atoms with Gasteiger partial charge in [0.15, 0.2) is 0 Å². The molecule has 7 heteroatoms. The molecular formula is C15H11F2NO3S. The fourth-order valence-corrected chi connectivity index (χ4v) is 4.02. The number of halogens is 2. The molecule has 4 nitrogen and oxygen atoms in total. The molecule has 1 aromatic carbocycles. The second kappa shape index (κ2) is 5.17. The lowest BCUT2D eigenvalue weighted by Crippen LogP contribution is -2.10. The van der Waals surface area contributed by atoms with Crippen molar-refractivity contribution in [2.75, 3.05) is 5.73 Å². The molecule has 2 aromatic rings. The summed E-state index contributed by atoms with van der Waals surface area (Å²) < 4.78 is 27.6. The third-order valence-electron chi connectivity index (χ3n) is 3.78. The highest BCUT2D eigenvalue weighted by atomic mass is 32.1. The van der Waals surface area contributed by atoms with Crippen LogP contribution >= 0.6 is 11.3 Å². The van der Waals surface area contributed by atoms with Crippen LogP contribution in [0.2, 0.25) is 0 Å². The standard InChI is InChI=1S/C15H11F2NO3S/c16-8-2-1-3-9(17)11(8)12(19)10-6-4-5-7(15(20)21)13(6)22-14(10)18/h1-3,7H,4-5,18H2,(H,20,21). The van der Waals surface area contributed by atoms with E-state index >= 15 is 0 Å². The number of aliphatic carboxylic acids is 1. The van der Waals surface area contributed by atoms with E-state index in [2.05, 4.69) is 0 Å². The Labute approximate surface area is 128 Å². The summed E-state index contributed by atoms with van der Waals surface area (Å²) in [6.07, 6.45) is 0.716. The van der Waals surface area contributed by atoms with Gasteiger partial charge < -0.3 is 10.8 Å². The SMILES string of the molecule is Nc1sc2c(c1C(=O)c1c(F)cccc1F)CCC2C(=O)O. The van der Waals surface area contributed by atoms with E-state index < -0.39 is 34.9 Å². The summed E-state index contributed by atoms with van der Waals surface area (Å²) in [4.78, 5) is 24.2. The van der Waals surface area contributed by atoms with Gasteiger partial charge in [-0.25, -0.2) is 8.78 Å². The zero-order valence-corrected chi connectivity index (χ0v) is 12.0. The Hall–Kier alpha value is -2.28. The highest BCUT2D eigenvalue weighted by Gasteiger charge is 2.36. The first kappa shape index (κ1) is 14.6. The predicted octanol–water partition coefficient (Wildman–Crippen LogP) is 2.95. The van der Waals surface area contributed by atoms with Crippen molar-refractivity contribution in [2.45, 2.75) is 18.8 Å². The quantitative estimate of drug-likeness (QED) is 0.851. The molecule has 1 atom stereocenters. The molecule has 3 rings (SSSR count). The summed E-state index contributed by atoms with van der Waals surface area (Å²) in [6.45, 7) is 0. The Balaban J connectivity index is 2.13. The molecule has 0 radical (unpaired) electrons. The molecule has 1 aromatic heterocycles. The zero-order valence-electron chi connectivity index (χ0n) is 11.2. The number of hydrogen-bond donors (Lipinski definition) is 2. The average molecular weight is 323 g/mol. The average Bonchev–Trinajstić information content (AvgIpc) is 2.95. The van der Waals surface area contributed by atoms with Gasteiger partial charge in [0.25, 0.3) is 0 Å². The zero-order chi connectivity index (χ0) is 16.0. The summed E-state index contributed by atoms with van der Waals surface area (Å²) in [5.41, 5.74) is 5.69. The largest absolute Gasteiger partial charge is 0.481 e. The molecule has 114 valence electrons. The van der Waals surface area contributed by atoms with Crippen LogP contribution in [0, 0.1) is 11.6 Å². The van der Waals surface area contributed by atoms with Crippen LogP contribution in [0.25, 0.3) is 0 Å². The van der Waals surface area contributed by atoms with Crippen LogP contribution in [0.1, 0.15) is 38.7 Å². The van der Waals surface area contributed by atoms with Gasteiger partial charge in [0.1, 0.15) is 11.6 Å². The highest BCUT2D eigenvalue weighted by Crippen LogP contribution is 2.44. The van der Waals surface area contributed by atoms with Crippen LogP contribution in [0.15, 0.2) is 18.2 Å². The Morgan fingerprint density at radius 2 is 1.86 bits per heavy atom. The maximum atomic E-state index is 13.8. The Kier molecular flexibility index (Phi) is 3.44. The molecule has 1 heterocycles. The fraction of sp³-hybridized carbons (Fsp3) is 0.200. The molecule has 0 bridgehead atoms. The number of carbonyl (C=O) groups excluding carboxylic acids is 1. The molecule has 1 unspecified atom stereocenters. The fourth-order valence-electron chi connectivity index (χ4n) is 2.78. The van der Waals surface area contributed by atoms with Gasteiger partial charge in [-0.2, -0.15) is 0 Å². The third-order valence-corrected chi connectivity index (χ3v) is 4.95. The van der Waals surface area contributed by atoms with Crippen LogP contribution in [0.5, 0.6) is 0 Å². The van der Waals surface area contributed by atoms with Crippen LogP contribution in [-0.2, 0) is 11.2 Å². The molecule has 0 saturated carbocycles. The summed E-state index contributed by atoms with van der Waals surface area (Å²) in [5, 5.41) is 9.27. The smallest absolute Gasteiger partial charge is 0.311 e. The van der Waals surface area contributed by atoms with Crippen molar-refractivity contribution in [3.63, 3.8) is 0 Å². The number of fused-ring (bicyclic) bond motifs is 1. The number of carbonyl (C=O) groups is 2. The van der Waals surface area contributed by atoms with Gasteiger partial charge in [0.05, 0.1) is 22.0 Å². The summed E-state index contributed by atoms with van der Waals surface area (Å²) in [6, 6.07) is 3.17. The van der Waals surface area contributed by atoms with E-state index in [1.54, 1.807) is 0 Å². The van der Waals surface area contributed by atoms with E-state index in [1.165, 1.54) is 6.07 Å². The predicted molar refractivity (Wildman–Crippen MR) is 77.2 cm³/mol. The van der Waals surface area contributed by atoms with Crippen LogP contribution < -0.4 is 5.73 Å². The van der Waals surface area contributed by atoms with Crippen molar-refractivity contribution in [3.05, 3.63) is 51.4 Å². The van der Waals surface area contributed by atoms with Gasteiger partial charge in [0.2, 0.25) is 5.78 Å². The maximum absolute atomic E-state index is 13.8. The first-order valence-electron chi connectivity index (χ1n) is 6.54. The first-order valence-corrected chi connectivity index (χ1v) is 7.36. The summed E-state index contributed by atoms with van der Waals surface area (Å²) >= 11 is 1.01. The minimum absolute atomic E-state index is 0.0350. The van der Waals surface area contributed by atoms with Crippen LogP contribution in [0.3, 0.4) is 0 Å². The number of ketones is 1. The van der Waals surface area contributed by atoms with Crippen molar-refractivity contribution in [3.8, 4) is 0 Å². The molecule has 1 aliphatic carbocycles. The minimum Gasteiger partial charge on any atom is -0.481 e. The molecule has 0 fully saturated rings. The van der Waals surface area contributed by atoms with Crippen molar-refractivity contribution in [1.29, 1.82) is 0 Å². The number of hydrogen-bond acceptors (Lipinski definition) is 4. The highest BCUT2D eigenvalue weighted by molar-refractivity contribution is 7.16. The van der Waals surface area contributed by atoms with Crippen molar-refractivity contribution in [2.24, 2.45) is 0 Å². The first-order chi connectivity index (χ1) is 10.4. The molecule has 3 N–H and O–H groups in total. The van der Waals surface area contributed by atoms with Crippen LogP contribution in [0.4, 0.5) is 13.8 Å². The molecule has 0 spiro atoms. The van der Waals surface area contributed by atoms with E-state index in [0.29, 0.717) is 23.3 Å². The lowest BCUT2D eigenvalue weighted by molar-refractivity contribution is -0.138. The Morgan fingerprint density at radius 1 is 1.23 bits per heavy atom. The number of thiophene rings is 1. The number of benzene rings is 1. The van der Waals surface area contributed by atoms with Crippen molar-refractivity contribution < 1.29 is 23.5 Å². The van der Waals surface area contributed by atoms with E-state index in [9.17, 15) is 18.4 Å². The number of rotatable bonds is 3. The number of carboxylic acids is 1. The Morgan fingerprint density at radius 3 is 2.45 bits per heavy atom. The van der Waals surface area contributed by atoms with Gasteiger partial charge >= 0.3 is 5.97 Å². The van der Waals surface area contributed by atoms with Crippen molar-refractivity contribution in [1.82, 2.24) is 0 Å². The van der Waals surface area contributed by atoms with E-state index in [1.807, 2.05) is 0 Å². The van der Waals surface area contributed by atoms with Gasteiger partial charge in [0, 0.05) is 4.88 Å². The third kappa shape index (κ3) is 2.09. The number of nitrogens with two attached hydrogens (primary N) is 1. The van der Waals surface area contributed by atoms with E-state index in [-0.39, 0.29) is 10.6 Å². The molecule has 1 aliphatic rings. The van der Waals surface area contributed by atoms with Crippen molar-refractivity contribution >= 4 is 28.1 Å². The normalized spacial score (nSPS) is 16.5.